The number of fused-ring (bicyclic) bond motifs is 1. The zero-order chi connectivity index (χ0) is 21.2. The number of anilines is 1. The van der Waals surface area contributed by atoms with Gasteiger partial charge in [0.2, 0.25) is 0 Å². The normalized spacial score (nSPS) is 15.5. The van der Waals surface area contributed by atoms with Crippen LogP contribution >= 0.6 is 0 Å². The summed E-state index contributed by atoms with van der Waals surface area (Å²) in [7, 11) is 0. The van der Waals surface area contributed by atoms with Crippen molar-refractivity contribution in [2.75, 3.05) is 18.1 Å². The van der Waals surface area contributed by atoms with Gasteiger partial charge in [0.05, 0.1) is 17.9 Å². The number of halogens is 4. The molecule has 1 aliphatic heterocycles. The summed E-state index contributed by atoms with van der Waals surface area (Å²) in [6, 6.07) is 6.52. The van der Waals surface area contributed by atoms with Gasteiger partial charge in [-0.25, -0.2) is 9.37 Å². The molecular formula is C21H25F4N3O. The monoisotopic (exact) mass is 411 g/mol. The van der Waals surface area contributed by atoms with Crippen molar-refractivity contribution >= 4 is 5.82 Å². The van der Waals surface area contributed by atoms with E-state index in [2.05, 4.69) is 10.3 Å². The van der Waals surface area contributed by atoms with Crippen LogP contribution in [0, 0.1) is 11.7 Å². The van der Waals surface area contributed by atoms with Crippen LogP contribution in [0.4, 0.5) is 23.4 Å². The minimum absolute atomic E-state index is 0.0660. The maximum atomic E-state index is 14.2. The number of hydrogen-bond donors (Lipinski definition) is 2. The maximum Gasteiger partial charge on any atom is 0.416 e. The lowest BCUT2D eigenvalue weighted by Crippen LogP contribution is -2.37. The molecule has 0 unspecified atom stereocenters. The number of aliphatic hydroxyl groups is 1. The van der Waals surface area contributed by atoms with E-state index in [0.717, 1.165) is 11.6 Å². The Morgan fingerprint density at radius 2 is 1.93 bits per heavy atom. The van der Waals surface area contributed by atoms with Crippen LogP contribution in [-0.4, -0.2) is 29.3 Å². The molecule has 8 heteroatoms. The number of aliphatic hydroxyl groups excluding tert-OH is 1. The largest absolute Gasteiger partial charge is 0.416 e. The van der Waals surface area contributed by atoms with Crippen molar-refractivity contribution in [3.63, 3.8) is 0 Å². The summed E-state index contributed by atoms with van der Waals surface area (Å²) in [5, 5.41) is 12.5. The van der Waals surface area contributed by atoms with Crippen molar-refractivity contribution in [1.29, 1.82) is 0 Å². The third-order valence-corrected chi connectivity index (χ3v) is 5.31. The molecule has 29 heavy (non-hydrogen) atoms. The molecule has 2 aromatic rings. The zero-order valence-electron chi connectivity index (χ0n) is 16.4. The number of benzene rings is 1. The molecule has 0 bridgehead atoms. The summed E-state index contributed by atoms with van der Waals surface area (Å²) in [6.07, 6.45) is -3.79. The molecule has 0 saturated heterocycles. The van der Waals surface area contributed by atoms with Gasteiger partial charge in [-0.15, -0.1) is 0 Å². The summed E-state index contributed by atoms with van der Waals surface area (Å²) in [4.78, 5) is 6.25. The SMILES string of the molecule is CC(C)[C@H](CO)NCc1nc(N2CCc3ccc(C(F)(F)F)cc3C2)ccc1F. The van der Waals surface area contributed by atoms with Crippen molar-refractivity contribution in [3.8, 4) is 0 Å². The highest BCUT2D eigenvalue weighted by Gasteiger charge is 2.31. The second-order valence-electron chi connectivity index (χ2n) is 7.66. The lowest BCUT2D eigenvalue weighted by molar-refractivity contribution is -0.137. The highest BCUT2D eigenvalue weighted by atomic mass is 19.4. The number of rotatable bonds is 6. The number of hydrogen-bond acceptors (Lipinski definition) is 4. The summed E-state index contributed by atoms with van der Waals surface area (Å²) >= 11 is 0. The molecule has 1 atom stereocenters. The van der Waals surface area contributed by atoms with Gasteiger partial charge in [-0.2, -0.15) is 13.2 Å². The molecule has 0 spiro atoms. The van der Waals surface area contributed by atoms with Crippen LogP contribution < -0.4 is 10.2 Å². The Morgan fingerprint density at radius 1 is 1.17 bits per heavy atom. The molecule has 0 saturated carbocycles. The van der Waals surface area contributed by atoms with Crippen LogP contribution in [0.1, 0.15) is 36.2 Å². The van der Waals surface area contributed by atoms with E-state index in [1.54, 1.807) is 6.07 Å². The van der Waals surface area contributed by atoms with Crippen LogP contribution in [0.5, 0.6) is 0 Å². The van der Waals surface area contributed by atoms with E-state index in [1.165, 1.54) is 18.2 Å². The predicted octanol–water partition coefficient (Wildman–Crippen LogP) is 3.91. The topological polar surface area (TPSA) is 48.4 Å². The van der Waals surface area contributed by atoms with Crippen molar-refractivity contribution in [2.24, 2.45) is 5.92 Å². The number of alkyl halides is 3. The van der Waals surface area contributed by atoms with Gasteiger partial charge in [-0.3, -0.25) is 0 Å². The molecule has 0 radical (unpaired) electrons. The molecule has 3 rings (SSSR count). The van der Waals surface area contributed by atoms with Crippen LogP contribution in [0.3, 0.4) is 0 Å². The van der Waals surface area contributed by atoms with E-state index in [-0.39, 0.29) is 37.4 Å². The van der Waals surface area contributed by atoms with Crippen LogP contribution in [0.15, 0.2) is 30.3 Å². The van der Waals surface area contributed by atoms with Gasteiger partial charge in [0, 0.05) is 25.7 Å². The first-order valence-corrected chi connectivity index (χ1v) is 9.62. The van der Waals surface area contributed by atoms with Gasteiger partial charge in [-0.05, 0) is 47.7 Å². The molecule has 0 aliphatic carbocycles. The predicted molar refractivity (Wildman–Crippen MR) is 103 cm³/mol. The Hall–Kier alpha value is -2.19. The third kappa shape index (κ3) is 5.05. The smallest absolute Gasteiger partial charge is 0.395 e. The second-order valence-corrected chi connectivity index (χ2v) is 7.66. The number of nitrogens with one attached hydrogen (secondary N) is 1. The molecule has 2 heterocycles. The minimum atomic E-state index is -4.38. The average Bonchev–Trinajstić information content (AvgIpc) is 2.68. The summed E-state index contributed by atoms with van der Waals surface area (Å²) < 4.78 is 53.3. The molecule has 2 N–H and O–H groups in total. The molecule has 158 valence electrons. The number of pyridine rings is 1. The van der Waals surface area contributed by atoms with E-state index in [1.807, 2.05) is 18.7 Å². The van der Waals surface area contributed by atoms with E-state index >= 15 is 0 Å². The summed E-state index contributed by atoms with van der Waals surface area (Å²) in [5.74, 6) is 0.238. The molecule has 1 aliphatic rings. The maximum absolute atomic E-state index is 14.2. The quantitative estimate of drug-likeness (QED) is 0.708. The molecule has 0 fully saturated rings. The lowest BCUT2D eigenvalue weighted by Gasteiger charge is -2.30. The first-order valence-electron chi connectivity index (χ1n) is 9.62. The van der Waals surface area contributed by atoms with Gasteiger partial charge in [-0.1, -0.05) is 19.9 Å². The highest BCUT2D eigenvalue weighted by molar-refractivity contribution is 5.46. The molecule has 4 nitrogen and oxygen atoms in total. The van der Waals surface area contributed by atoms with Gasteiger partial charge < -0.3 is 15.3 Å². The van der Waals surface area contributed by atoms with Crippen molar-refractivity contribution in [2.45, 2.75) is 45.6 Å². The van der Waals surface area contributed by atoms with E-state index < -0.39 is 17.6 Å². The molecule has 0 amide bonds. The fourth-order valence-corrected chi connectivity index (χ4v) is 3.44. The first kappa shape index (κ1) is 21.5. The molecule has 1 aromatic heterocycles. The summed E-state index contributed by atoms with van der Waals surface area (Å²) in [6.45, 7) is 4.88. The Morgan fingerprint density at radius 3 is 2.59 bits per heavy atom. The molecule has 1 aromatic carbocycles. The zero-order valence-corrected chi connectivity index (χ0v) is 16.4. The Bertz CT molecular complexity index is 854. The fraction of sp³-hybridized carbons (Fsp3) is 0.476. The molecular weight excluding hydrogens is 386 g/mol. The van der Waals surface area contributed by atoms with E-state index in [0.29, 0.717) is 24.3 Å². The number of aromatic nitrogens is 1. The van der Waals surface area contributed by atoms with Crippen molar-refractivity contribution < 1.29 is 22.7 Å². The van der Waals surface area contributed by atoms with Crippen molar-refractivity contribution in [1.82, 2.24) is 10.3 Å². The van der Waals surface area contributed by atoms with Gasteiger partial charge in [0.15, 0.2) is 0 Å². The van der Waals surface area contributed by atoms with Crippen LogP contribution in [0.25, 0.3) is 0 Å². The average molecular weight is 411 g/mol. The third-order valence-electron chi connectivity index (χ3n) is 5.31. The van der Waals surface area contributed by atoms with Gasteiger partial charge in [0.1, 0.15) is 11.6 Å². The second kappa shape index (κ2) is 8.67. The van der Waals surface area contributed by atoms with Crippen LogP contribution in [0.2, 0.25) is 0 Å². The standard InChI is InChI=1S/C21H25F4N3O/c1-13(2)19(12-29)26-10-18-17(22)5-6-20(27-18)28-8-7-14-3-4-16(21(23,24)25)9-15(14)11-28/h3-6,9,13,19,26,29H,7-8,10-12H2,1-2H3/t19-/m0/s1. The lowest BCUT2D eigenvalue weighted by atomic mass is 9.97. The van der Waals surface area contributed by atoms with Crippen molar-refractivity contribution in [3.05, 3.63) is 58.5 Å². The Labute approximate surface area is 167 Å². The Kier molecular flexibility index (Phi) is 6.43. The number of nitrogens with zero attached hydrogens (tertiary/aromatic N) is 2. The summed E-state index contributed by atoms with van der Waals surface area (Å²) in [5.41, 5.74) is 1.05. The fourth-order valence-electron chi connectivity index (χ4n) is 3.44. The van der Waals surface area contributed by atoms with E-state index in [4.69, 9.17) is 0 Å². The first-order chi connectivity index (χ1) is 13.7. The highest BCUT2D eigenvalue weighted by Crippen LogP contribution is 2.33. The van der Waals surface area contributed by atoms with Gasteiger partial charge >= 0.3 is 6.18 Å². The minimum Gasteiger partial charge on any atom is -0.395 e. The van der Waals surface area contributed by atoms with E-state index in [9.17, 15) is 22.7 Å². The van der Waals surface area contributed by atoms with Crippen LogP contribution in [-0.2, 0) is 25.7 Å². The Balaban J connectivity index is 1.78. The van der Waals surface area contributed by atoms with Gasteiger partial charge in [0.25, 0.3) is 0 Å².